The van der Waals surface area contributed by atoms with Gasteiger partial charge >= 0.3 is 5.91 Å². The Hall–Kier alpha value is -2.76. The molecule has 0 fully saturated rings. The van der Waals surface area contributed by atoms with Crippen molar-refractivity contribution in [2.24, 2.45) is 0 Å². The summed E-state index contributed by atoms with van der Waals surface area (Å²) >= 11 is 0. The molecule has 6 nitrogen and oxygen atoms in total. The highest BCUT2D eigenvalue weighted by molar-refractivity contribution is 5.93. The first-order valence-corrected chi connectivity index (χ1v) is 7.28. The molecule has 6 heteroatoms. The van der Waals surface area contributed by atoms with Gasteiger partial charge in [0.2, 0.25) is 0 Å². The lowest BCUT2D eigenvalue weighted by Gasteiger charge is -2.17. The van der Waals surface area contributed by atoms with Crippen molar-refractivity contribution in [3.05, 3.63) is 53.0 Å². The van der Waals surface area contributed by atoms with Crippen LogP contribution >= 0.6 is 0 Å². The molecule has 2 aromatic rings. The van der Waals surface area contributed by atoms with E-state index >= 15 is 0 Å². The highest BCUT2D eigenvalue weighted by Gasteiger charge is 2.18. The third-order valence-electron chi connectivity index (χ3n) is 3.49. The zero-order valence-electron chi connectivity index (χ0n) is 13.6. The van der Waals surface area contributed by atoms with Crippen LogP contribution in [0.15, 0.2) is 34.7 Å². The van der Waals surface area contributed by atoms with Crippen molar-refractivity contribution in [1.82, 2.24) is 10.9 Å². The Morgan fingerprint density at radius 2 is 1.83 bits per heavy atom. The largest absolute Gasteiger partial charge is 0.481 e. The molecule has 0 saturated heterocycles. The predicted octanol–water partition coefficient (Wildman–Crippen LogP) is 2.43. The lowest BCUT2D eigenvalue weighted by atomic mass is 10.1. The van der Waals surface area contributed by atoms with Gasteiger partial charge in [-0.25, -0.2) is 0 Å². The number of amides is 2. The van der Waals surface area contributed by atoms with E-state index in [0.717, 1.165) is 11.1 Å². The van der Waals surface area contributed by atoms with Gasteiger partial charge in [-0.05, 0) is 57.0 Å². The molecular formula is C17H20N2O4. The molecule has 1 aromatic carbocycles. The van der Waals surface area contributed by atoms with E-state index in [9.17, 15) is 9.59 Å². The second kappa shape index (κ2) is 7.00. The van der Waals surface area contributed by atoms with Crippen LogP contribution in [0.1, 0.15) is 34.4 Å². The quantitative estimate of drug-likeness (QED) is 0.849. The van der Waals surface area contributed by atoms with E-state index in [1.807, 2.05) is 26.0 Å². The van der Waals surface area contributed by atoms with Crippen LogP contribution in [0.5, 0.6) is 5.75 Å². The highest BCUT2D eigenvalue weighted by Crippen LogP contribution is 2.21. The van der Waals surface area contributed by atoms with E-state index in [-0.39, 0.29) is 5.76 Å². The first-order chi connectivity index (χ1) is 10.9. The molecule has 2 rings (SSSR count). The number of rotatable bonds is 4. The summed E-state index contributed by atoms with van der Waals surface area (Å²) < 4.78 is 10.8. The van der Waals surface area contributed by atoms with Gasteiger partial charge in [-0.3, -0.25) is 20.4 Å². The topological polar surface area (TPSA) is 80.6 Å². The number of ether oxygens (including phenoxy) is 1. The molecule has 0 radical (unpaired) electrons. The summed E-state index contributed by atoms with van der Waals surface area (Å²) in [5, 5.41) is 0. The molecule has 2 amide bonds. The Kier molecular flexibility index (Phi) is 5.05. The second-order valence-electron chi connectivity index (χ2n) is 5.31. The smallest absolute Gasteiger partial charge is 0.305 e. The highest BCUT2D eigenvalue weighted by atomic mass is 16.5. The normalized spacial score (nSPS) is 11.7. The maximum atomic E-state index is 12.0. The van der Waals surface area contributed by atoms with Gasteiger partial charge in [0.25, 0.3) is 5.91 Å². The minimum Gasteiger partial charge on any atom is -0.481 e. The Bertz CT molecular complexity index is 721. The van der Waals surface area contributed by atoms with E-state index in [4.69, 9.17) is 9.15 Å². The van der Waals surface area contributed by atoms with Crippen LogP contribution < -0.4 is 15.6 Å². The molecule has 1 aromatic heterocycles. The number of hydrogen-bond acceptors (Lipinski definition) is 4. The van der Waals surface area contributed by atoms with Crippen molar-refractivity contribution >= 4 is 11.8 Å². The molecule has 0 unspecified atom stereocenters. The first kappa shape index (κ1) is 16.6. The van der Waals surface area contributed by atoms with Crippen molar-refractivity contribution in [3.63, 3.8) is 0 Å². The van der Waals surface area contributed by atoms with Crippen LogP contribution in [0, 0.1) is 20.8 Å². The van der Waals surface area contributed by atoms with Crippen LogP contribution in [0.4, 0.5) is 0 Å². The molecule has 23 heavy (non-hydrogen) atoms. The predicted molar refractivity (Wildman–Crippen MR) is 85.1 cm³/mol. The number of aryl methyl sites for hydroxylation is 2. The van der Waals surface area contributed by atoms with Gasteiger partial charge in [-0.2, -0.15) is 0 Å². The summed E-state index contributed by atoms with van der Waals surface area (Å²) in [6, 6.07) is 8.84. The van der Waals surface area contributed by atoms with Crippen LogP contribution in [0.3, 0.4) is 0 Å². The molecule has 0 spiro atoms. The SMILES string of the molecule is Cc1ccc(C(=O)NNC(=O)[C@@H](C)Oc2cccc(C)c2C)o1. The van der Waals surface area contributed by atoms with Gasteiger partial charge in [0.15, 0.2) is 11.9 Å². The lowest BCUT2D eigenvalue weighted by molar-refractivity contribution is -0.128. The molecule has 1 heterocycles. The maximum Gasteiger partial charge on any atom is 0.305 e. The van der Waals surface area contributed by atoms with Gasteiger partial charge in [-0.15, -0.1) is 0 Å². The molecule has 122 valence electrons. The average Bonchev–Trinajstić information content (AvgIpc) is 2.95. The number of carbonyl (C=O) groups excluding carboxylic acids is 2. The van der Waals surface area contributed by atoms with E-state index < -0.39 is 17.9 Å². The first-order valence-electron chi connectivity index (χ1n) is 7.28. The van der Waals surface area contributed by atoms with Crippen LogP contribution in [0.2, 0.25) is 0 Å². The Morgan fingerprint density at radius 3 is 2.48 bits per heavy atom. The summed E-state index contributed by atoms with van der Waals surface area (Å²) in [4.78, 5) is 23.8. The van der Waals surface area contributed by atoms with Crippen LogP contribution in [0.25, 0.3) is 0 Å². The number of hydrogen-bond donors (Lipinski definition) is 2. The summed E-state index contributed by atoms with van der Waals surface area (Å²) in [7, 11) is 0. The van der Waals surface area contributed by atoms with E-state index in [2.05, 4.69) is 10.9 Å². The Balaban J connectivity index is 1.90. The van der Waals surface area contributed by atoms with Gasteiger partial charge in [-0.1, -0.05) is 12.1 Å². The Labute approximate surface area is 134 Å². The molecular weight excluding hydrogens is 296 g/mol. The number of carbonyl (C=O) groups is 2. The van der Waals surface area contributed by atoms with E-state index in [1.165, 1.54) is 6.07 Å². The molecule has 1 atom stereocenters. The lowest BCUT2D eigenvalue weighted by Crippen LogP contribution is -2.47. The minimum absolute atomic E-state index is 0.130. The number of furan rings is 1. The molecule has 0 bridgehead atoms. The molecule has 0 aliphatic carbocycles. The average molecular weight is 316 g/mol. The second-order valence-corrected chi connectivity index (χ2v) is 5.31. The fourth-order valence-corrected chi connectivity index (χ4v) is 1.93. The van der Waals surface area contributed by atoms with Crippen molar-refractivity contribution in [2.45, 2.75) is 33.8 Å². The summed E-state index contributed by atoms with van der Waals surface area (Å²) in [6.07, 6.45) is -0.755. The Morgan fingerprint density at radius 1 is 1.09 bits per heavy atom. The van der Waals surface area contributed by atoms with Crippen molar-refractivity contribution in [1.29, 1.82) is 0 Å². The fraction of sp³-hybridized carbons (Fsp3) is 0.294. The molecule has 2 N–H and O–H groups in total. The van der Waals surface area contributed by atoms with Crippen molar-refractivity contribution in [3.8, 4) is 5.75 Å². The molecule has 0 aliphatic rings. The summed E-state index contributed by atoms with van der Waals surface area (Å²) in [5.41, 5.74) is 6.67. The van der Waals surface area contributed by atoms with Crippen molar-refractivity contribution < 1.29 is 18.7 Å². The zero-order chi connectivity index (χ0) is 17.0. The zero-order valence-corrected chi connectivity index (χ0v) is 13.6. The third kappa shape index (κ3) is 4.12. The van der Waals surface area contributed by atoms with E-state index in [0.29, 0.717) is 11.5 Å². The minimum atomic E-state index is -0.755. The molecule has 0 saturated carbocycles. The van der Waals surface area contributed by atoms with Gasteiger partial charge < -0.3 is 9.15 Å². The van der Waals surface area contributed by atoms with E-state index in [1.54, 1.807) is 26.0 Å². The fourth-order valence-electron chi connectivity index (χ4n) is 1.93. The summed E-state index contributed by atoms with van der Waals surface area (Å²) in [5.74, 6) is 0.410. The van der Waals surface area contributed by atoms with Crippen LogP contribution in [-0.4, -0.2) is 17.9 Å². The van der Waals surface area contributed by atoms with Crippen LogP contribution in [-0.2, 0) is 4.79 Å². The number of benzene rings is 1. The monoisotopic (exact) mass is 316 g/mol. The maximum absolute atomic E-state index is 12.0. The van der Waals surface area contributed by atoms with Gasteiger partial charge in [0.1, 0.15) is 11.5 Å². The van der Waals surface area contributed by atoms with Gasteiger partial charge in [0, 0.05) is 0 Å². The number of hydrazine groups is 1. The van der Waals surface area contributed by atoms with Gasteiger partial charge in [0.05, 0.1) is 0 Å². The third-order valence-corrected chi connectivity index (χ3v) is 3.49. The van der Waals surface area contributed by atoms with Crippen molar-refractivity contribution in [2.75, 3.05) is 0 Å². The standard InChI is InChI=1S/C17H20N2O4/c1-10-6-5-7-14(12(10)3)23-13(4)16(20)18-19-17(21)15-9-8-11(2)22-15/h5-9,13H,1-4H3,(H,18,20)(H,19,21)/t13-/m1/s1. The summed E-state index contributed by atoms with van der Waals surface area (Å²) in [6.45, 7) is 7.24. The number of nitrogens with one attached hydrogen (secondary N) is 2. The molecule has 0 aliphatic heterocycles.